The monoisotopic (exact) mass is 476 g/mol. The van der Waals surface area contributed by atoms with Gasteiger partial charge in [-0.15, -0.1) is 0 Å². The first kappa shape index (κ1) is 29.7. The zero-order valence-electron chi connectivity index (χ0n) is 26.0. The summed E-state index contributed by atoms with van der Waals surface area (Å²) in [5.41, 5.74) is 11.4. The fraction of sp³-hybridized carbons (Fsp3) is 0.657. The van der Waals surface area contributed by atoms with Crippen LogP contribution < -0.4 is 0 Å². The smallest absolute Gasteiger partial charge is 0.0126 e. The third-order valence-corrected chi connectivity index (χ3v) is 7.34. The van der Waals surface area contributed by atoms with Gasteiger partial charge in [0.2, 0.25) is 0 Å². The van der Waals surface area contributed by atoms with Crippen molar-refractivity contribution in [2.75, 3.05) is 0 Å². The quantitative estimate of drug-likeness (QED) is 0.411. The maximum absolute atomic E-state index is 2.48. The summed E-state index contributed by atoms with van der Waals surface area (Å²) in [6, 6.07) is 12.1. The Labute approximate surface area is 219 Å². The van der Waals surface area contributed by atoms with Crippen molar-refractivity contribution in [3.05, 3.63) is 69.3 Å². The van der Waals surface area contributed by atoms with E-state index in [9.17, 15) is 0 Å². The minimum Gasteiger partial charge on any atom is -0.0585 e. The highest BCUT2D eigenvalue weighted by Gasteiger charge is 2.31. The molecule has 0 heterocycles. The van der Waals surface area contributed by atoms with E-state index in [-0.39, 0.29) is 27.1 Å². The molecule has 0 radical (unpaired) electrons. The molecule has 0 saturated carbocycles. The highest BCUT2D eigenvalue weighted by molar-refractivity contribution is 5.50. The molecule has 0 unspecified atom stereocenters. The molecule has 2 rings (SSSR count). The lowest BCUT2D eigenvalue weighted by Gasteiger charge is -2.36. The number of benzene rings is 2. The summed E-state index contributed by atoms with van der Waals surface area (Å²) in [4.78, 5) is 0. The van der Waals surface area contributed by atoms with Crippen molar-refractivity contribution in [1.29, 1.82) is 0 Å². The Kier molecular flexibility index (Phi) is 8.24. The summed E-state index contributed by atoms with van der Waals surface area (Å²) in [5.74, 6) is 0. The van der Waals surface area contributed by atoms with Crippen molar-refractivity contribution in [3.63, 3.8) is 0 Å². The number of rotatable bonds is 4. The first-order chi connectivity index (χ1) is 15.5. The number of aryl methyl sites for hydroxylation is 1. The highest BCUT2D eigenvalue weighted by atomic mass is 14.4. The summed E-state index contributed by atoms with van der Waals surface area (Å²) < 4.78 is 0. The summed E-state index contributed by atoms with van der Waals surface area (Å²) in [7, 11) is 0. The molecular formula is C35H56. The van der Waals surface area contributed by atoms with Gasteiger partial charge >= 0.3 is 0 Å². The van der Waals surface area contributed by atoms with Crippen molar-refractivity contribution in [1.82, 2.24) is 0 Å². The molecule has 0 heteroatoms. The van der Waals surface area contributed by atoms with Gasteiger partial charge in [0.15, 0.2) is 0 Å². The van der Waals surface area contributed by atoms with Gasteiger partial charge in [0, 0.05) is 0 Å². The topological polar surface area (TPSA) is 0 Å². The van der Waals surface area contributed by atoms with Gasteiger partial charge < -0.3 is 0 Å². The fourth-order valence-electron chi connectivity index (χ4n) is 5.51. The molecule has 0 N–H and O–H groups in total. The molecule has 0 aliphatic heterocycles. The Morgan fingerprint density at radius 3 is 1.37 bits per heavy atom. The van der Waals surface area contributed by atoms with Crippen LogP contribution in [0.3, 0.4) is 0 Å². The molecule has 0 saturated heterocycles. The van der Waals surface area contributed by atoms with Crippen LogP contribution in [0.1, 0.15) is 149 Å². The molecule has 0 aromatic heterocycles. The first-order valence-electron chi connectivity index (χ1n) is 13.9. The number of hydrogen-bond acceptors (Lipinski definition) is 0. The van der Waals surface area contributed by atoms with E-state index >= 15 is 0 Å². The number of hydrogen-bond donors (Lipinski definition) is 0. The molecule has 0 amide bonds. The van der Waals surface area contributed by atoms with Gasteiger partial charge in [-0.2, -0.15) is 0 Å². The molecule has 35 heavy (non-hydrogen) atoms. The van der Waals surface area contributed by atoms with Gasteiger partial charge in [0.25, 0.3) is 0 Å². The Bertz CT molecular complexity index is 1010. The van der Waals surface area contributed by atoms with E-state index in [2.05, 4.69) is 134 Å². The van der Waals surface area contributed by atoms with Crippen LogP contribution in [-0.2, 0) is 39.9 Å². The summed E-state index contributed by atoms with van der Waals surface area (Å²) in [6.07, 6.45) is 3.44. The summed E-state index contributed by atoms with van der Waals surface area (Å²) in [5, 5.41) is 0. The van der Waals surface area contributed by atoms with Crippen molar-refractivity contribution in [3.8, 4) is 0 Å². The lowest BCUT2D eigenvalue weighted by Crippen LogP contribution is -2.27. The van der Waals surface area contributed by atoms with E-state index < -0.39 is 0 Å². The third-order valence-electron chi connectivity index (χ3n) is 7.34. The minimum atomic E-state index is 0.115. The van der Waals surface area contributed by atoms with Crippen LogP contribution in [0.5, 0.6) is 0 Å². The van der Waals surface area contributed by atoms with Gasteiger partial charge in [-0.3, -0.25) is 0 Å². The van der Waals surface area contributed by atoms with Gasteiger partial charge in [-0.1, -0.05) is 134 Å². The molecular weight excluding hydrogens is 420 g/mol. The van der Waals surface area contributed by atoms with Crippen molar-refractivity contribution in [2.45, 2.75) is 150 Å². The van der Waals surface area contributed by atoms with Crippen LogP contribution in [0.15, 0.2) is 30.3 Å². The predicted octanol–water partition coefficient (Wildman–Crippen LogP) is 10.3. The van der Waals surface area contributed by atoms with E-state index in [4.69, 9.17) is 0 Å². The zero-order valence-corrected chi connectivity index (χ0v) is 26.0. The molecule has 2 aromatic rings. The van der Waals surface area contributed by atoms with Gasteiger partial charge in [0.1, 0.15) is 0 Å². The maximum Gasteiger partial charge on any atom is -0.0126 e. The molecule has 196 valence electrons. The van der Waals surface area contributed by atoms with E-state index in [1.165, 1.54) is 34.2 Å². The molecule has 0 aliphatic rings. The van der Waals surface area contributed by atoms with Crippen molar-refractivity contribution < 1.29 is 0 Å². The van der Waals surface area contributed by atoms with Crippen LogP contribution in [0.4, 0.5) is 0 Å². The molecule has 0 fully saturated rings. The second-order valence-electron chi connectivity index (χ2n) is 16.0. The largest absolute Gasteiger partial charge is 0.0585 e. The summed E-state index contributed by atoms with van der Waals surface area (Å²) >= 11 is 0. The van der Waals surface area contributed by atoms with E-state index in [0.29, 0.717) is 0 Å². The van der Waals surface area contributed by atoms with E-state index in [1.807, 2.05) is 0 Å². The molecule has 0 aliphatic carbocycles. The van der Waals surface area contributed by atoms with Gasteiger partial charge in [-0.25, -0.2) is 0 Å². The Hall–Kier alpha value is -1.56. The predicted molar refractivity (Wildman–Crippen MR) is 158 cm³/mol. The molecule has 0 atom stereocenters. The summed E-state index contributed by atoms with van der Waals surface area (Å²) in [6.45, 7) is 35.5. The molecule has 2 aromatic carbocycles. The lowest BCUT2D eigenvalue weighted by atomic mass is 9.68. The van der Waals surface area contributed by atoms with Crippen LogP contribution in [0, 0.1) is 0 Å². The average Bonchev–Trinajstić information content (AvgIpc) is 2.63. The third kappa shape index (κ3) is 7.24. The Morgan fingerprint density at radius 1 is 0.457 bits per heavy atom. The second kappa shape index (κ2) is 9.72. The molecule has 0 nitrogen and oxygen atoms in total. The maximum atomic E-state index is 2.48. The van der Waals surface area contributed by atoms with Crippen LogP contribution in [0.2, 0.25) is 0 Å². The SMILES string of the molecule is CC(C)(C)c1ccc(CCCc2c(C(C)(C)C)ccc(C(C)(C)C)c2C(C)(C)C)c(C(C)(C)C)c1. The van der Waals surface area contributed by atoms with E-state index in [0.717, 1.165) is 12.8 Å². The second-order valence-corrected chi connectivity index (χ2v) is 16.0. The van der Waals surface area contributed by atoms with Crippen LogP contribution in [-0.4, -0.2) is 0 Å². The van der Waals surface area contributed by atoms with Crippen LogP contribution in [0.25, 0.3) is 0 Å². The zero-order chi connectivity index (χ0) is 27.2. The van der Waals surface area contributed by atoms with Gasteiger partial charge in [-0.05, 0) is 85.3 Å². The highest BCUT2D eigenvalue weighted by Crippen LogP contribution is 2.41. The van der Waals surface area contributed by atoms with Crippen LogP contribution >= 0.6 is 0 Å². The van der Waals surface area contributed by atoms with E-state index in [1.54, 1.807) is 11.1 Å². The molecule has 0 bridgehead atoms. The Balaban J connectivity index is 2.56. The van der Waals surface area contributed by atoms with Crippen molar-refractivity contribution >= 4 is 0 Å². The van der Waals surface area contributed by atoms with Gasteiger partial charge in [0.05, 0.1) is 0 Å². The molecule has 0 spiro atoms. The van der Waals surface area contributed by atoms with Crippen molar-refractivity contribution in [2.24, 2.45) is 0 Å². The minimum absolute atomic E-state index is 0.115. The standard InChI is InChI=1S/C35H56/c1-31(2,3)25-20-19-24(29(23-25)34(10,11)12)17-16-18-26-27(32(4,5)6)21-22-28(33(7,8)9)30(26)35(13,14)15/h19-23H,16-18H2,1-15H3. The lowest BCUT2D eigenvalue weighted by molar-refractivity contribution is 0.512. The Morgan fingerprint density at radius 2 is 0.943 bits per heavy atom. The fourth-order valence-corrected chi connectivity index (χ4v) is 5.51. The first-order valence-corrected chi connectivity index (χ1v) is 13.9. The normalized spacial score (nSPS) is 13.9. The average molecular weight is 477 g/mol.